The van der Waals surface area contributed by atoms with Gasteiger partial charge in [-0.1, -0.05) is 35.3 Å². The van der Waals surface area contributed by atoms with E-state index in [1.165, 1.54) is 28.6 Å². The van der Waals surface area contributed by atoms with Gasteiger partial charge in [0.2, 0.25) is 0 Å². The lowest BCUT2D eigenvalue weighted by Crippen LogP contribution is -2.17. The molecule has 0 saturated heterocycles. The molecule has 0 aliphatic heterocycles. The average Bonchev–Trinajstić information content (AvgIpc) is 2.78. The van der Waals surface area contributed by atoms with Gasteiger partial charge in [0.25, 0.3) is 5.56 Å². The molecule has 112 valence electrons. The van der Waals surface area contributed by atoms with Crippen molar-refractivity contribution in [3.8, 4) is 0 Å². The highest BCUT2D eigenvalue weighted by Crippen LogP contribution is 2.26. The molecule has 0 radical (unpaired) electrons. The fourth-order valence-corrected chi connectivity index (χ4v) is 3.40. The highest BCUT2D eigenvalue weighted by molar-refractivity contribution is 7.18. The van der Waals surface area contributed by atoms with Crippen LogP contribution in [0.4, 0.5) is 0 Å². The fraction of sp³-hybridized carbons (Fsp3) is 0.133. The van der Waals surface area contributed by atoms with Crippen LogP contribution in [0.25, 0.3) is 10.2 Å². The van der Waals surface area contributed by atoms with Gasteiger partial charge < -0.3 is 0 Å². The van der Waals surface area contributed by atoms with Crippen LogP contribution in [0.3, 0.4) is 0 Å². The van der Waals surface area contributed by atoms with E-state index in [1.807, 2.05) is 13.8 Å². The molecule has 1 aromatic carbocycles. The van der Waals surface area contributed by atoms with Gasteiger partial charge in [0, 0.05) is 10.4 Å². The fourth-order valence-electron chi connectivity index (χ4n) is 2.05. The topological polar surface area (TPSA) is 47.2 Å². The van der Waals surface area contributed by atoms with Crippen molar-refractivity contribution in [2.24, 2.45) is 5.10 Å². The molecule has 2 aromatic heterocycles. The van der Waals surface area contributed by atoms with Gasteiger partial charge in [-0.15, -0.1) is 11.3 Å². The molecule has 0 bridgehead atoms. The van der Waals surface area contributed by atoms with Crippen molar-refractivity contribution in [1.82, 2.24) is 9.66 Å². The van der Waals surface area contributed by atoms with Crippen LogP contribution in [-0.4, -0.2) is 15.9 Å². The Morgan fingerprint density at radius 1 is 1.32 bits per heavy atom. The number of nitrogens with zero attached hydrogens (tertiary/aromatic N) is 3. The molecule has 0 saturated carbocycles. The summed E-state index contributed by atoms with van der Waals surface area (Å²) in [6, 6.07) is 5.24. The van der Waals surface area contributed by atoms with E-state index in [4.69, 9.17) is 23.2 Å². The zero-order valence-electron chi connectivity index (χ0n) is 11.8. The quantitative estimate of drug-likeness (QED) is 0.647. The normalized spacial score (nSPS) is 11.6. The lowest BCUT2D eigenvalue weighted by molar-refractivity contribution is 0.818. The van der Waals surface area contributed by atoms with Crippen LogP contribution in [0.2, 0.25) is 10.0 Å². The van der Waals surface area contributed by atoms with Crippen LogP contribution in [0.15, 0.2) is 34.4 Å². The molecule has 0 fully saturated rings. The van der Waals surface area contributed by atoms with E-state index in [2.05, 4.69) is 10.1 Å². The summed E-state index contributed by atoms with van der Waals surface area (Å²) in [5.74, 6) is 0. The summed E-state index contributed by atoms with van der Waals surface area (Å²) >= 11 is 13.6. The maximum Gasteiger partial charge on any atom is 0.282 e. The minimum Gasteiger partial charge on any atom is -0.267 e. The van der Waals surface area contributed by atoms with Gasteiger partial charge in [-0.3, -0.25) is 4.79 Å². The molecule has 0 spiro atoms. The maximum atomic E-state index is 12.5. The summed E-state index contributed by atoms with van der Waals surface area (Å²) in [6.45, 7) is 3.89. The third-order valence-corrected chi connectivity index (χ3v) is 5.32. The number of hydrogen-bond donors (Lipinski definition) is 0. The average molecular weight is 352 g/mol. The molecular formula is C15H11Cl2N3OS. The Labute approximate surface area is 140 Å². The summed E-state index contributed by atoms with van der Waals surface area (Å²) in [7, 11) is 0. The van der Waals surface area contributed by atoms with Crippen molar-refractivity contribution >= 4 is 51.0 Å². The van der Waals surface area contributed by atoms with Gasteiger partial charge in [0.1, 0.15) is 11.2 Å². The third kappa shape index (κ3) is 2.56. The SMILES string of the molecule is Cc1sc2ncn(/N=C/c3cccc(Cl)c3Cl)c(=O)c2c1C. The molecule has 3 rings (SSSR count). The Hall–Kier alpha value is -1.69. The summed E-state index contributed by atoms with van der Waals surface area (Å²) in [6.07, 6.45) is 2.91. The summed E-state index contributed by atoms with van der Waals surface area (Å²) in [5.41, 5.74) is 1.39. The Kier molecular flexibility index (Phi) is 4.04. The number of halogens is 2. The van der Waals surface area contributed by atoms with Crippen LogP contribution in [0, 0.1) is 13.8 Å². The van der Waals surface area contributed by atoms with Crippen LogP contribution >= 0.6 is 34.5 Å². The lowest BCUT2D eigenvalue weighted by Gasteiger charge is -2.01. The minimum atomic E-state index is -0.193. The molecule has 2 heterocycles. The number of thiophene rings is 1. The first kappa shape index (κ1) is 15.2. The molecule has 0 amide bonds. The summed E-state index contributed by atoms with van der Waals surface area (Å²) in [4.78, 5) is 18.6. The van der Waals surface area contributed by atoms with Crippen molar-refractivity contribution in [3.63, 3.8) is 0 Å². The largest absolute Gasteiger partial charge is 0.282 e. The van der Waals surface area contributed by atoms with Gasteiger partial charge in [-0.05, 0) is 25.5 Å². The van der Waals surface area contributed by atoms with Crippen LogP contribution in [0.1, 0.15) is 16.0 Å². The highest BCUT2D eigenvalue weighted by Gasteiger charge is 2.11. The summed E-state index contributed by atoms with van der Waals surface area (Å²) in [5, 5.41) is 5.61. The Morgan fingerprint density at radius 3 is 2.86 bits per heavy atom. The van der Waals surface area contributed by atoms with E-state index >= 15 is 0 Å². The molecule has 7 heteroatoms. The number of aromatic nitrogens is 2. The maximum absolute atomic E-state index is 12.5. The van der Waals surface area contributed by atoms with Gasteiger partial charge in [-0.25, -0.2) is 4.98 Å². The van der Waals surface area contributed by atoms with E-state index in [0.29, 0.717) is 21.0 Å². The first-order valence-corrected chi connectivity index (χ1v) is 8.02. The van der Waals surface area contributed by atoms with Gasteiger partial charge in [0.05, 0.1) is 21.6 Å². The third-order valence-electron chi connectivity index (χ3n) is 3.38. The standard InChI is InChI=1S/C15H11Cl2N3OS/c1-8-9(2)22-14-12(8)15(21)20(7-18-14)19-6-10-4-3-5-11(16)13(10)17/h3-7H,1-2H3/b19-6+. The predicted molar refractivity (Wildman–Crippen MR) is 92.8 cm³/mol. The Morgan fingerprint density at radius 2 is 2.09 bits per heavy atom. The van der Waals surface area contributed by atoms with Crippen molar-refractivity contribution in [1.29, 1.82) is 0 Å². The van der Waals surface area contributed by atoms with Gasteiger partial charge in [-0.2, -0.15) is 9.78 Å². The minimum absolute atomic E-state index is 0.193. The molecule has 4 nitrogen and oxygen atoms in total. The van der Waals surface area contributed by atoms with Crippen molar-refractivity contribution < 1.29 is 0 Å². The van der Waals surface area contributed by atoms with Crippen LogP contribution in [-0.2, 0) is 0 Å². The van der Waals surface area contributed by atoms with E-state index in [0.717, 1.165) is 15.3 Å². The first-order valence-electron chi connectivity index (χ1n) is 6.44. The number of fused-ring (bicyclic) bond motifs is 1. The number of hydrogen-bond acceptors (Lipinski definition) is 4. The number of aryl methyl sites for hydroxylation is 2. The lowest BCUT2D eigenvalue weighted by atomic mass is 10.2. The molecule has 0 aliphatic rings. The molecule has 0 aliphatic carbocycles. The van der Waals surface area contributed by atoms with Gasteiger partial charge in [0.15, 0.2) is 0 Å². The Bertz CT molecular complexity index is 959. The van der Waals surface area contributed by atoms with Crippen molar-refractivity contribution in [2.45, 2.75) is 13.8 Å². The molecule has 0 atom stereocenters. The van der Waals surface area contributed by atoms with Crippen LogP contribution in [0.5, 0.6) is 0 Å². The summed E-state index contributed by atoms with van der Waals surface area (Å²) < 4.78 is 1.21. The smallest absolute Gasteiger partial charge is 0.267 e. The van der Waals surface area contributed by atoms with E-state index in [9.17, 15) is 4.79 Å². The predicted octanol–water partition coefficient (Wildman–Crippen LogP) is 4.26. The first-order chi connectivity index (χ1) is 10.5. The van der Waals surface area contributed by atoms with Crippen molar-refractivity contribution in [2.75, 3.05) is 0 Å². The van der Waals surface area contributed by atoms with Gasteiger partial charge >= 0.3 is 0 Å². The molecule has 0 unspecified atom stereocenters. The molecular weight excluding hydrogens is 341 g/mol. The zero-order chi connectivity index (χ0) is 15.9. The van der Waals surface area contributed by atoms with Crippen molar-refractivity contribution in [3.05, 3.63) is 60.9 Å². The van der Waals surface area contributed by atoms with Crippen LogP contribution < -0.4 is 5.56 Å². The van der Waals surface area contributed by atoms with E-state index in [1.54, 1.807) is 18.2 Å². The second-order valence-corrected chi connectivity index (χ2v) is 6.73. The monoisotopic (exact) mass is 351 g/mol. The number of benzene rings is 1. The van der Waals surface area contributed by atoms with E-state index in [-0.39, 0.29) is 5.56 Å². The zero-order valence-corrected chi connectivity index (χ0v) is 14.1. The second-order valence-electron chi connectivity index (χ2n) is 4.75. The molecule has 3 aromatic rings. The Balaban J connectivity index is 2.10. The molecule has 0 N–H and O–H groups in total. The molecule has 22 heavy (non-hydrogen) atoms. The second kappa shape index (κ2) is 5.83. The number of rotatable bonds is 2. The van der Waals surface area contributed by atoms with E-state index < -0.39 is 0 Å². The highest BCUT2D eigenvalue weighted by atomic mass is 35.5.